The highest BCUT2D eigenvalue weighted by molar-refractivity contribution is 5.92. The van der Waals surface area contributed by atoms with Gasteiger partial charge in [-0.3, -0.25) is 4.79 Å². The van der Waals surface area contributed by atoms with Crippen LogP contribution in [0.1, 0.15) is 62.2 Å². The molecule has 8 heteroatoms. The van der Waals surface area contributed by atoms with Gasteiger partial charge in [0.15, 0.2) is 0 Å². The quantitative estimate of drug-likeness (QED) is 0.702. The molecule has 0 aliphatic carbocycles. The van der Waals surface area contributed by atoms with Crippen molar-refractivity contribution in [3.63, 3.8) is 0 Å². The minimum atomic E-state index is -0.428. The van der Waals surface area contributed by atoms with E-state index < -0.39 is 5.60 Å². The molecule has 0 unspecified atom stereocenters. The number of likely N-dealkylation sites (tertiary alicyclic amines) is 1. The molecule has 5 rings (SSSR count). The monoisotopic (exact) mass is 469 g/mol. The number of rotatable bonds is 5. The number of carbonyl (C=O) groups is 1. The summed E-state index contributed by atoms with van der Waals surface area (Å²) < 4.78 is 31.7. The van der Waals surface area contributed by atoms with Crippen molar-refractivity contribution in [2.75, 3.05) is 31.6 Å². The number of piperidine rings is 1. The number of anilines is 1. The van der Waals surface area contributed by atoms with Crippen LogP contribution in [0, 0.1) is 5.82 Å². The maximum Gasteiger partial charge on any atom is 0.272 e. The number of benzene rings is 1. The molecule has 182 valence electrons. The Labute approximate surface area is 199 Å². The zero-order chi connectivity index (χ0) is 23.9. The molecule has 1 aromatic carbocycles. The van der Waals surface area contributed by atoms with Gasteiger partial charge in [-0.05, 0) is 51.1 Å². The number of fused-ring (bicyclic) bond motifs is 1. The van der Waals surface area contributed by atoms with Crippen LogP contribution in [-0.4, -0.2) is 59.3 Å². The third-order valence-electron chi connectivity index (χ3n) is 6.87. The molecule has 4 heterocycles. The molecule has 1 amide bonds. The second-order valence-electron chi connectivity index (χ2n) is 10.2. The van der Waals surface area contributed by atoms with E-state index in [1.54, 1.807) is 18.3 Å². The predicted molar refractivity (Wildman–Crippen MR) is 126 cm³/mol. The molecule has 3 aliphatic heterocycles. The molecule has 2 saturated heterocycles. The largest absolute Gasteiger partial charge is 0.487 e. The summed E-state index contributed by atoms with van der Waals surface area (Å²) in [6, 6.07) is 8.28. The Balaban J connectivity index is 1.24. The van der Waals surface area contributed by atoms with E-state index in [-0.39, 0.29) is 29.5 Å². The number of hydrogen-bond donors (Lipinski definition) is 1. The summed E-state index contributed by atoms with van der Waals surface area (Å²) in [6.45, 7) is 8.52. The van der Waals surface area contributed by atoms with Gasteiger partial charge in [-0.15, -0.1) is 0 Å². The van der Waals surface area contributed by atoms with Crippen molar-refractivity contribution < 1.29 is 23.4 Å². The number of hydrogen-bond acceptors (Lipinski definition) is 6. The molecule has 7 nitrogen and oxygen atoms in total. The van der Waals surface area contributed by atoms with Gasteiger partial charge in [-0.1, -0.05) is 0 Å². The number of pyridine rings is 1. The molecular weight excluding hydrogens is 437 g/mol. The summed E-state index contributed by atoms with van der Waals surface area (Å²) >= 11 is 0. The number of nitrogens with one attached hydrogen (secondary N) is 1. The summed E-state index contributed by atoms with van der Waals surface area (Å²) in [5, 5.41) is 3.40. The van der Waals surface area contributed by atoms with E-state index in [0.717, 1.165) is 11.3 Å². The molecule has 3 aliphatic rings. The zero-order valence-corrected chi connectivity index (χ0v) is 20.0. The molecule has 1 N–H and O–H groups in total. The van der Waals surface area contributed by atoms with Crippen molar-refractivity contribution in [2.24, 2.45) is 0 Å². The van der Waals surface area contributed by atoms with E-state index in [1.807, 2.05) is 24.8 Å². The lowest BCUT2D eigenvalue weighted by atomic mass is 9.81. The van der Waals surface area contributed by atoms with E-state index >= 15 is 0 Å². The molecule has 34 heavy (non-hydrogen) atoms. The average molecular weight is 470 g/mol. The maximum absolute atomic E-state index is 13.9. The lowest BCUT2D eigenvalue weighted by Gasteiger charge is -2.47. The van der Waals surface area contributed by atoms with Crippen LogP contribution in [0.5, 0.6) is 5.75 Å². The van der Waals surface area contributed by atoms with Crippen molar-refractivity contribution in [3.8, 4) is 5.75 Å². The Hall–Kier alpha value is -2.71. The molecule has 2 aromatic rings. The minimum Gasteiger partial charge on any atom is -0.487 e. The van der Waals surface area contributed by atoms with Gasteiger partial charge in [-0.2, -0.15) is 0 Å². The summed E-state index contributed by atoms with van der Waals surface area (Å²) in [5.74, 6) is 0.307. The molecule has 1 spiro atoms. The Morgan fingerprint density at radius 1 is 1.24 bits per heavy atom. The van der Waals surface area contributed by atoms with Crippen LogP contribution >= 0.6 is 0 Å². The first-order valence-electron chi connectivity index (χ1n) is 12.0. The van der Waals surface area contributed by atoms with E-state index in [9.17, 15) is 9.18 Å². The Bertz CT molecular complexity index is 1050. The van der Waals surface area contributed by atoms with Crippen LogP contribution in [0.25, 0.3) is 0 Å². The van der Waals surface area contributed by atoms with E-state index in [1.165, 1.54) is 12.1 Å². The first-order valence-corrected chi connectivity index (χ1v) is 12.0. The van der Waals surface area contributed by atoms with Gasteiger partial charge < -0.3 is 24.4 Å². The van der Waals surface area contributed by atoms with Crippen molar-refractivity contribution in [1.82, 2.24) is 9.88 Å². The first-order chi connectivity index (χ1) is 16.2. The van der Waals surface area contributed by atoms with Gasteiger partial charge >= 0.3 is 0 Å². The van der Waals surface area contributed by atoms with E-state index in [2.05, 4.69) is 17.2 Å². The van der Waals surface area contributed by atoms with Crippen LogP contribution < -0.4 is 10.1 Å². The van der Waals surface area contributed by atoms with Gasteiger partial charge in [-0.25, -0.2) is 9.37 Å². The van der Waals surface area contributed by atoms with Crippen LogP contribution in [0.3, 0.4) is 0 Å². The summed E-state index contributed by atoms with van der Waals surface area (Å²) in [7, 11) is 0. The molecule has 0 bridgehead atoms. The van der Waals surface area contributed by atoms with E-state index in [4.69, 9.17) is 14.2 Å². The lowest BCUT2D eigenvalue weighted by Crippen LogP contribution is -2.53. The highest BCUT2D eigenvalue weighted by Crippen LogP contribution is 2.46. The fourth-order valence-corrected chi connectivity index (χ4v) is 5.05. The Morgan fingerprint density at radius 2 is 2.00 bits per heavy atom. The van der Waals surface area contributed by atoms with Crippen molar-refractivity contribution >= 4 is 11.6 Å². The highest BCUT2D eigenvalue weighted by atomic mass is 19.1. The highest BCUT2D eigenvalue weighted by Gasteiger charge is 2.45. The predicted octanol–water partition coefficient (Wildman–Crippen LogP) is 4.35. The fraction of sp³-hybridized carbons (Fsp3) is 0.538. The number of amides is 1. The molecule has 1 aromatic heterocycles. The Kier molecular flexibility index (Phi) is 5.98. The van der Waals surface area contributed by atoms with Crippen molar-refractivity contribution in [3.05, 3.63) is 53.6 Å². The Morgan fingerprint density at radius 3 is 2.62 bits per heavy atom. The second-order valence-corrected chi connectivity index (χ2v) is 10.2. The third kappa shape index (κ3) is 4.61. The standard InChI is InChI=1S/C26H32FN3O4/c1-17(2)33-23-13-26(34-22-7-4-18(27)12-20(22)23)8-10-30(11-9-26)24(31)21-6-5-19(14-28-21)29-25(3)15-32-16-25/h4-7,12,14,17,23,29H,8-11,13,15-16H2,1-3H3/t23-/m0/s1. The normalized spacial score (nSPS) is 22.6. The number of halogens is 1. The fourth-order valence-electron chi connectivity index (χ4n) is 5.05. The van der Waals surface area contributed by atoms with Gasteiger partial charge in [0, 0.05) is 37.9 Å². The van der Waals surface area contributed by atoms with Gasteiger partial charge in [0.2, 0.25) is 0 Å². The zero-order valence-electron chi connectivity index (χ0n) is 20.0. The van der Waals surface area contributed by atoms with Gasteiger partial charge in [0.25, 0.3) is 5.91 Å². The van der Waals surface area contributed by atoms with Crippen LogP contribution in [-0.2, 0) is 9.47 Å². The first kappa shape index (κ1) is 23.1. The second kappa shape index (κ2) is 8.82. The maximum atomic E-state index is 13.9. The molecule has 2 fully saturated rings. The smallest absolute Gasteiger partial charge is 0.272 e. The van der Waals surface area contributed by atoms with Crippen molar-refractivity contribution in [1.29, 1.82) is 0 Å². The number of aromatic nitrogens is 1. The number of carbonyl (C=O) groups excluding carboxylic acids is 1. The van der Waals surface area contributed by atoms with Crippen LogP contribution in [0.4, 0.5) is 10.1 Å². The SMILES string of the molecule is CC(C)O[C@H]1CC2(CCN(C(=O)c3ccc(NC4(C)COC4)cn3)CC2)Oc2ccc(F)cc21. The molecular formula is C26H32FN3O4. The average Bonchev–Trinajstić information content (AvgIpc) is 2.79. The molecule has 0 saturated carbocycles. The van der Waals surface area contributed by atoms with Crippen LogP contribution in [0.15, 0.2) is 36.5 Å². The molecule has 1 atom stereocenters. The van der Waals surface area contributed by atoms with Gasteiger partial charge in [0.1, 0.15) is 22.9 Å². The lowest BCUT2D eigenvalue weighted by molar-refractivity contribution is -0.0874. The third-order valence-corrected chi connectivity index (χ3v) is 6.87. The number of ether oxygens (including phenoxy) is 3. The minimum absolute atomic E-state index is 0.0147. The van der Waals surface area contributed by atoms with Crippen LogP contribution in [0.2, 0.25) is 0 Å². The number of nitrogens with zero attached hydrogens (tertiary/aromatic N) is 2. The topological polar surface area (TPSA) is 72.9 Å². The van der Waals surface area contributed by atoms with Crippen molar-refractivity contribution in [2.45, 2.75) is 63.4 Å². The summed E-state index contributed by atoms with van der Waals surface area (Å²) in [5.41, 5.74) is 1.57. The molecule has 0 radical (unpaired) electrons. The summed E-state index contributed by atoms with van der Waals surface area (Å²) in [4.78, 5) is 19.3. The van der Waals surface area contributed by atoms with Gasteiger partial charge in [0.05, 0.1) is 42.8 Å². The van der Waals surface area contributed by atoms with E-state index in [0.29, 0.717) is 57.0 Å². The summed E-state index contributed by atoms with van der Waals surface area (Å²) in [6.07, 6.45) is 3.50.